The molecule has 0 bridgehead atoms. The van der Waals surface area contributed by atoms with Crippen LogP contribution in [0.25, 0.3) is 98.2 Å². The van der Waals surface area contributed by atoms with Crippen molar-refractivity contribution in [3.05, 3.63) is 194 Å². The molecule has 3 heteroatoms. The standard InChI is InChI=1S/C50H32N2S/c1-3-14-33(15-4-1)36-20-11-21-37(28-36)50-51-46(32-47(52-50)43-25-12-19-35-18-7-8-22-41(35)43)40-30-38(34-16-5-2-6-17-34)29-39(31-40)42-24-13-26-45-44-23-9-10-27-48(44)53-49(42)45/h1-32H. The largest absolute Gasteiger partial charge is 0.228 e. The van der Waals surface area contributed by atoms with Crippen molar-refractivity contribution in [1.82, 2.24) is 9.97 Å². The number of benzene rings is 8. The maximum absolute atomic E-state index is 5.37. The third-order valence-electron chi connectivity index (χ3n) is 10.1. The molecule has 0 aliphatic heterocycles. The Kier molecular flexibility index (Phi) is 7.71. The number of hydrogen-bond acceptors (Lipinski definition) is 3. The van der Waals surface area contributed by atoms with Crippen molar-refractivity contribution in [2.75, 3.05) is 0 Å². The molecule has 0 unspecified atom stereocenters. The van der Waals surface area contributed by atoms with E-state index < -0.39 is 0 Å². The summed E-state index contributed by atoms with van der Waals surface area (Å²) in [6.45, 7) is 0. The number of hydrogen-bond donors (Lipinski definition) is 0. The first-order valence-electron chi connectivity index (χ1n) is 17.9. The molecule has 53 heavy (non-hydrogen) atoms. The Morgan fingerprint density at radius 1 is 0.321 bits per heavy atom. The Morgan fingerprint density at radius 3 is 1.72 bits per heavy atom. The lowest BCUT2D eigenvalue weighted by Gasteiger charge is -2.14. The Balaban J connectivity index is 1.22. The fraction of sp³-hybridized carbons (Fsp3) is 0. The lowest BCUT2D eigenvalue weighted by molar-refractivity contribution is 1.19. The van der Waals surface area contributed by atoms with E-state index in [0.29, 0.717) is 5.82 Å². The normalized spacial score (nSPS) is 11.4. The molecule has 2 aromatic heterocycles. The van der Waals surface area contributed by atoms with Gasteiger partial charge in [0.15, 0.2) is 5.82 Å². The average Bonchev–Trinajstić information content (AvgIpc) is 3.63. The minimum atomic E-state index is 0.696. The molecule has 2 nitrogen and oxygen atoms in total. The van der Waals surface area contributed by atoms with Crippen molar-refractivity contribution in [3.63, 3.8) is 0 Å². The van der Waals surface area contributed by atoms with Gasteiger partial charge in [-0.15, -0.1) is 11.3 Å². The van der Waals surface area contributed by atoms with Gasteiger partial charge in [0.25, 0.3) is 0 Å². The van der Waals surface area contributed by atoms with E-state index in [-0.39, 0.29) is 0 Å². The molecule has 10 rings (SSSR count). The zero-order valence-electron chi connectivity index (χ0n) is 28.8. The molecule has 2 heterocycles. The number of nitrogens with zero attached hydrogens (tertiary/aromatic N) is 2. The summed E-state index contributed by atoms with van der Waals surface area (Å²) in [6, 6.07) is 69.2. The second-order valence-electron chi connectivity index (χ2n) is 13.4. The summed E-state index contributed by atoms with van der Waals surface area (Å²) in [5, 5.41) is 4.93. The van der Waals surface area contributed by atoms with E-state index in [9.17, 15) is 0 Å². The first-order chi connectivity index (χ1) is 26.2. The van der Waals surface area contributed by atoms with E-state index in [1.165, 1.54) is 42.1 Å². The average molecular weight is 693 g/mol. The summed E-state index contributed by atoms with van der Waals surface area (Å²) in [4.78, 5) is 10.7. The van der Waals surface area contributed by atoms with E-state index >= 15 is 0 Å². The maximum atomic E-state index is 5.37. The van der Waals surface area contributed by atoms with E-state index in [1.54, 1.807) is 0 Å². The molecule has 0 fully saturated rings. The summed E-state index contributed by atoms with van der Waals surface area (Å²) >= 11 is 1.86. The minimum absolute atomic E-state index is 0.696. The zero-order chi connectivity index (χ0) is 35.1. The second-order valence-corrected chi connectivity index (χ2v) is 14.4. The molecule has 0 saturated heterocycles. The van der Waals surface area contributed by atoms with Gasteiger partial charge < -0.3 is 0 Å². The molecule has 0 N–H and O–H groups in total. The summed E-state index contributed by atoms with van der Waals surface area (Å²) in [6.07, 6.45) is 0. The summed E-state index contributed by atoms with van der Waals surface area (Å²) in [5.74, 6) is 0.696. The minimum Gasteiger partial charge on any atom is -0.228 e. The van der Waals surface area contributed by atoms with Crippen molar-refractivity contribution in [2.24, 2.45) is 0 Å². The van der Waals surface area contributed by atoms with Crippen molar-refractivity contribution < 1.29 is 0 Å². The van der Waals surface area contributed by atoms with Gasteiger partial charge >= 0.3 is 0 Å². The highest BCUT2D eigenvalue weighted by Gasteiger charge is 2.17. The number of aromatic nitrogens is 2. The van der Waals surface area contributed by atoms with Gasteiger partial charge in [0.2, 0.25) is 0 Å². The van der Waals surface area contributed by atoms with Crippen LogP contribution < -0.4 is 0 Å². The van der Waals surface area contributed by atoms with Crippen LogP contribution in [0.4, 0.5) is 0 Å². The van der Waals surface area contributed by atoms with Crippen molar-refractivity contribution in [2.45, 2.75) is 0 Å². The maximum Gasteiger partial charge on any atom is 0.160 e. The first kappa shape index (κ1) is 31.1. The molecule has 0 radical (unpaired) electrons. The fourth-order valence-corrected chi connectivity index (χ4v) is 8.72. The molecule has 0 aliphatic carbocycles. The lowest BCUT2D eigenvalue weighted by Crippen LogP contribution is -1.97. The van der Waals surface area contributed by atoms with E-state index in [4.69, 9.17) is 9.97 Å². The van der Waals surface area contributed by atoms with Crippen molar-refractivity contribution >= 4 is 42.3 Å². The van der Waals surface area contributed by atoms with E-state index in [0.717, 1.165) is 50.3 Å². The van der Waals surface area contributed by atoms with Crippen molar-refractivity contribution in [3.8, 4) is 67.3 Å². The van der Waals surface area contributed by atoms with Gasteiger partial charge in [-0.3, -0.25) is 0 Å². The topological polar surface area (TPSA) is 25.8 Å². The van der Waals surface area contributed by atoms with E-state index in [2.05, 4.69) is 194 Å². The van der Waals surface area contributed by atoms with Gasteiger partial charge in [-0.2, -0.15) is 0 Å². The summed E-state index contributed by atoms with van der Waals surface area (Å²) in [7, 11) is 0. The SMILES string of the molecule is c1ccc(-c2cccc(-c3nc(-c4cc(-c5ccccc5)cc(-c5cccc6c5sc5ccccc56)c4)cc(-c4cccc5ccccc45)n3)c2)cc1. The first-order valence-corrected chi connectivity index (χ1v) is 18.7. The predicted molar refractivity (Wildman–Crippen MR) is 225 cm³/mol. The Morgan fingerprint density at radius 2 is 0.868 bits per heavy atom. The molecular weight excluding hydrogens is 661 g/mol. The van der Waals surface area contributed by atoms with Crippen LogP contribution in [0.1, 0.15) is 0 Å². The molecule has 0 saturated carbocycles. The summed E-state index contributed by atoms with van der Waals surface area (Å²) < 4.78 is 2.59. The molecule has 0 amide bonds. The van der Waals surface area contributed by atoms with Gasteiger partial charge in [-0.05, 0) is 80.6 Å². The smallest absolute Gasteiger partial charge is 0.160 e. The Bertz CT molecular complexity index is 2940. The summed E-state index contributed by atoms with van der Waals surface area (Å²) in [5.41, 5.74) is 11.9. The number of fused-ring (bicyclic) bond motifs is 4. The van der Waals surface area contributed by atoms with Crippen LogP contribution in [0.2, 0.25) is 0 Å². The van der Waals surface area contributed by atoms with Crippen LogP contribution in [0, 0.1) is 0 Å². The third kappa shape index (κ3) is 5.78. The zero-order valence-corrected chi connectivity index (χ0v) is 29.6. The molecule has 0 aliphatic rings. The third-order valence-corrected chi connectivity index (χ3v) is 11.3. The van der Waals surface area contributed by atoms with Crippen LogP contribution in [0.15, 0.2) is 194 Å². The molecular formula is C50H32N2S. The highest BCUT2D eigenvalue weighted by atomic mass is 32.1. The van der Waals surface area contributed by atoms with Crippen molar-refractivity contribution in [1.29, 1.82) is 0 Å². The van der Waals surface area contributed by atoms with Crippen LogP contribution in [-0.2, 0) is 0 Å². The highest BCUT2D eigenvalue weighted by Crippen LogP contribution is 2.42. The van der Waals surface area contributed by atoms with E-state index in [1.807, 2.05) is 11.3 Å². The number of rotatable bonds is 6. The quantitative estimate of drug-likeness (QED) is 0.173. The fourth-order valence-electron chi connectivity index (χ4n) is 7.48. The van der Waals surface area contributed by atoms with Gasteiger partial charge in [0.05, 0.1) is 11.4 Å². The van der Waals surface area contributed by atoms with Crippen LogP contribution in [0.3, 0.4) is 0 Å². The molecule has 10 aromatic rings. The Hall–Kier alpha value is -6.68. The van der Waals surface area contributed by atoms with Crippen LogP contribution >= 0.6 is 11.3 Å². The second kappa shape index (κ2) is 13.1. The van der Waals surface area contributed by atoms with Crippen LogP contribution in [-0.4, -0.2) is 9.97 Å². The van der Waals surface area contributed by atoms with Gasteiger partial charge in [-0.25, -0.2) is 9.97 Å². The van der Waals surface area contributed by atoms with Crippen LogP contribution in [0.5, 0.6) is 0 Å². The highest BCUT2D eigenvalue weighted by molar-refractivity contribution is 7.26. The molecule has 0 atom stereocenters. The predicted octanol–water partition coefficient (Wildman–Crippen LogP) is 14.0. The molecule has 248 valence electrons. The molecule has 8 aromatic carbocycles. The number of thiophene rings is 1. The monoisotopic (exact) mass is 692 g/mol. The molecule has 0 spiro atoms. The lowest BCUT2D eigenvalue weighted by atomic mass is 9.93. The van der Waals surface area contributed by atoms with Gasteiger partial charge in [0.1, 0.15) is 0 Å². The Labute approximate surface area is 312 Å². The van der Waals surface area contributed by atoms with Gasteiger partial charge in [0, 0.05) is 36.9 Å². The van der Waals surface area contributed by atoms with Gasteiger partial charge in [-0.1, -0.05) is 158 Å².